The summed E-state index contributed by atoms with van der Waals surface area (Å²) in [6.45, 7) is 4.27. The van der Waals surface area contributed by atoms with E-state index in [2.05, 4.69) is 26.0 Å². The first kappa shape index (κ1) is 12.4. The molecular formula is C13H20ClN. The highest BCUT2D eigenvalue weighted by atomic mass is 35.5. The summed E-state index contributed by atoms with van der Waals surface area (Å²) >= 11 is 0. The number of anilines is 1. The minimum absolute atomic E-state index is 0. The monoisotopic (exact) mass is 225 g/mol. The van der Waals surface area contributed by atoms with E-state index in [1.165, 1.54) is 42.4 Å². The number of nitrogen functional groups attached to an aromatic ring is 1. The predicted octanol–water partition coefficient (Wildman–Crippen LogP) is 3.97. The Bertz CT molecular complexity index is 341. The summed E-state index contributed by atoms with van der Waals surface area (Å²) in [4.78, 5) is 0. The number of hydrogen-bond donors (Lipinski definition) is 1. The molecule has 0 bridgehead atoms. The Morgan fingerprint density at radius 3 is 2.33 bits per heavy atom. The molecule has 1 nitrogen and oxygen atoms in total. The van der Waals surface area contributed by atoms with Crippen LogP contribution in [-0.2, 0) is 0 Å². The van der Waals surface area contributed by atoms with Gasteiger partial charge in [0.05, 0.1) is 0 Å². The van der Waals surface area contributed by atoms with Gasteiger partial charge in [0.1, 0.15) is 0 Å². The maximum atomic E-state index is 6.13. The first-order chi connectivity index (χ1) is 6.68. The molecule has 84 valence electrons. The fourth-order valence-corrected chi connectivity index (χ4v) is 2.59. The summed E-state index contributed by atoms with van der Waals surface area (Å²) in [5.41, 5.74) is 11.2. The molecule has 0 amide bonds. The van der Waals surface area contributed by atoms with E-state index < -0.39 is 0 Å². The maximum absolute atomic E-state index is 6.13. The summed E-state index contributed by atoms with van der Waals surface area (Å²) < 4.78 is 0. The number of aryl methyl sites for hydroxylation is 2. The zero-order valence-corrected chi connectivity index (χ0v) is 10.4. The van der Waals surface area contributed by atoms with Gasteiger partial charge in [0.2, 0.25) is 0 Å². The molecule has 1 fully saturated rings. The molecular weight excluding hydrogens is 206 g/mol. The summed E-state index contributed by atoms with van der Waals surface area (Å²) in [6.07, 6.45) is 5.40. The molecule has 0 heterocycles. The molecule has 1 aliphatic carbocycles. The standard InChI is InChI=1S/C13H19N.ClH/c1-9-7-10(2)13(14)12(8-9)11-5-3-4-6-11;/h7-8,11H,3-6,14H2,1-2H3;1H. The molecule has 0 atom stereocenters. The Hall–Kier alpha value is -0.690. The van der Waals surface area contributed by atoms with Crippen molar-refractivity contribution in [2.24, 2.45) is 0 Å². The molecule has 1 aliphatic rings. The van der Waals surface area contributed by atoms with Gasteiger partial charge in [-0.2, -0.15) is 0 Å². The van der Waals surface area contributed by atoms with Gasteiger partial charge < -0.3 is 5.73 Å². The van der Waals surface area contributed by atoms with Crippen molar-refractivity contribution >= 4 is 18.1 Å². The lowest BCUT2D eigenvalue weighted by atomic mass is 9.92. The van der Waals surface area contributed by atoms with Crippen LogP contribution in [0.1, 0.15) is 48.3 Å². The van der Waals surface area contributed by atoms with Crippen LogP contribution in [0.3, 0.4) is 0 Å². The van der Waals surface area contributed by atoms with Gasteiger partial charge in [0, 0.05) is 5.69 Å². The Morgan fingerprint density at radius 1 is 1.13 bits per heavy atom. The molecule has 2 N–H and O–H groups in total. The zero-order chi connectivity index (χ0) is 10.1. The molecule has 2 rings (SSSR count). The van der Waals surface area contributed by atoms with Crippen LogP contribution >= 0.6 is 12.4 Å². The predicted molar refractivity (Wildman–Crippen MR) is 68.8 cm³/mol. The van der Waals surface area contributed by atoms with Gasteiger partial charge in [-0.3, -0.25) is 0 Å². The Kier molecular flexibility index (Phi) is 4.04. The van der Waals surface area contributed by atoms with E-state index in [0.717, 1.165) is 11.6 Å². The third kappa shape index (κ3) is 2.46. The lowest BCUT2D eigenvalue weighted by molar-refractivity contribution is 0.724. The Morgan fingerprint density at radius 2 is 1.73 bits per heavy atom. The van der Waals surface area contributed by atoms with Crippen LogP contribution in [-0.4, -0.2) is 0 Å². The smallest absolute Gasteiger partial charge is 0.0379 e. The molecule has 1 saturated carbocycles. The minimum atomic E-state index is 0. The Labute approximate surface area is 98.5 Å². The molecule has 2 heteroatoms. The average molecular weight is 226 g/mol. The van der Waals surface area contributed by atoms with E-state index in [-0.39, 0.29) is 12.4 Å². The van der Waals surface area contributed by atoms with Gasteiger partial charge in [0.25, 0.3) is 0 Å². The maximum Gasteiger partial charge on any atom is 0.0379 e. The molecule has 0 spiro atoms. The van der Waals surface area contributed by atoms with Gasteiger partial charge in [-0.15, -0.1) is 12.4 Å². The number of benzene rings is 1. The van der Waals surface area contributed by atoms with Crippen molar-refractivity contribution in [1.82, 2.24) is 0 Å². The van der Waals surface area contributed by atoms with Crippen molar-refractivity contribution < 1.29 is 0 Å². The van der Waals surface area contributed by atoms with Gasteiger partial charge in [-0.1, -0.05) is 30.5 Å². The molecule has 0 aromatic heterocycles. The second kappa shape index (κ2) is 4.89. The molecule has 1 aromatic carbocycles. The summed E-state index contributed by atoms with van der Waals surface area (Å²) in [5.74, 6) is 0.730. The second-order valence-corrected chi connectivity index (χ2v) is 4.57. The third-order valence-electron chi connectivity index (χ3n) is 3.36. The highest BCUT2D eigenvalue weighted by molar-refractivity contribution is 5.85. The van der Waals surface area contributed by atoms with Crippen molar-refractivity contribution in [3.05, 3.63) is 28.8 Å². The van der Waals surface area contributed by atoms with Gasteiger partial charge in [-0.25, -0.2) is 0 Å². The highest BCUT2D eigenvalue weighted by Gasteiger charge is 2.19. The van der Waals surface area contributed by atoms with Crippen LogP contribution in [0.25, 0.3) is 0 Å². The van der Waals surface area contributed by atoms with Gasteiger partial charge >= 0.3 is 0 Å². The molecule has 0 unspecified atom stereocenters. The van der Waals surface area contributed by atoms with Crippen molar-refractivity contribution in [1.29, 1.82) is 0 Å². The normalized spacial score (nSPS) is 16.4. The number of nitrogens with two attached hydrogens (primary N) is 1. The largest absolute Gasteiger partial charge is 0.398 e. The van der Waals surface area contributed by atoms with Crippen LogP contribution in [0.5, 0.6) is 0 Å². The molecule has 15 heavy (non-hydrogen) atoms. The quantitative estimate of drug-likeness (QED) is 0.720. The lowest BCUT2D eigenvalue weighted by Gasteiger charge is -2.15. The van der Waals surface area contributed by atoms with Gasteiger partial charge in [-0.05, 0) is 43.7 Å². The van der Waals surface area contributed by atoms with Crippen molar-refractivity contribution in [3.8, 4) is 0 Å². The number of rotatable bonds is 1. The molecule has 0 saturated heterocycles. The van der Waals surface area contributed by atoms with E-state index in [1.807, 2.05) is 0 Å². The first-order valence-corrected chi connectivity index (χ1v) is 5.55. The van der Waals surface area contributed by atoms with Crippen LogP contribution in [0.2, 0.25) is 0 Å². The summed E-state index contributed by atoms with van der Waals surface area (Å²) in [5, 5.41) is 0. The zero-order valence-electron chi connectivity index (χ0n) is 9.55. The fraction of sp³-hybridized carbons (Fsp3) is 0.538. The Balaban J connectivity index is 0.00000112. The molecule has 0 aliphatic heterocycles. The van der Waals surface area contributed by atoms with Crippen LogP contribution in [0, 0.1) is 13.8 Å². The van der Waals surface area contributed by atoms with Crippen molar-refractivity contribution in [2.45, 2.75) is 45.4 Å². The van der Waals surface area contributed by atoms with Crippen LogP contribution in [0.15, 0.2) is 12.1 Å². The number of halogens is 1. The number of hydrogen-bond acceptors (Lipinski definition) is 1. The van der Waals surface area contributed by atoms with Crippen molar-refractivity contribution in [3.63, 3.8) is 0 Å². The topological polar surface area (TPSA) is 26.0 Å². The average Bonchev–Trinajstić information content (AvgIpc) is 2.63. The van der Waals surface area contributed by atoms with Gasteiger partial charge in [0.15, 0.2) is 0 Å². The van der Waals surface area contributed by atoms with E-state index in [0.29, 0.717) is 0 Å². The third-order valence-corrected chi connectivity index (χ3v) is 3.36. The fourth-order valence-electron chi connectivity index (χ4n) is 2.59. The van der Waals surface area contributed by atoms with Crippen molar-refractivity contribution in [2.75, 3.05) is 5.73 Å². The highest BCUT2D eigenvalue weighted by Crippen LogP contribution is 2.38. The second-order valence-electron chi connectivity index (χ2n) is 4.57. The minimum Gasteiger partial charge on any atom is -0.398 e. The van der Waals surface area contributed by atoms with Crippen LogP contribution < -0.4 is 5.73 Å². The van der Waals surface area contributed by atoms with E-state index >= 15 is 0 Å². The SMILES string of the molecule is Cc1cc(C)c(N)c(C2CCCC2)c1.Cl. The van der Waals surface area contributed by atoms with E-state index in [4.69, 9.17) is 5.73 Å². The van der Waals surface area contributed by atoms with E-state index in [1.54, 1.807) is 0 Å². The van der Waals surface area contributed by atoms with E-state index in [9.17, 15) is 0 Å². The molecule has 0 radical (unpaired) electrons. The summed E-state index contributed by atoms with van der Waals surface area (Å²) in [7, 11) is 0. The summed E-state index contributed by atoms with van der Waals surface area (Å²) in [6, 6.07) is 4.45. The van der Waals surface area contributed by atoms with Crippen LogP contribution in [0.4, 0.5) is 5.69 Å². The first-order valence-electron chi connectivity index (χ1n) is 5.55. The lowest BCUT2D eigenvalue weighted by Crippen LogP contribution is -2.02. The molecule has 1 aromatic rings.